The minimum absolute atomic E-state index is 0.136. The zero-order valence-electron chi connectivity index (χ0n) is 10.5. The van der Waals surface area contributed by atoms with Gasteiger partial charge in [-0.25, -0.2) is 0 Å². The van der Waals surface area contributed by atoms with Crippen molar-refractivity contribution in [1.29, 1.82) is 0 Å². The van der Waals surface area contributed by atoms with Crippen molar-refractivity contribution in [2.75, 3.05) is 18.8 Å². The second-order valence-corrected chi connectivity index (χ2v) is 6.01. The maximum absolute atomic E-state index is 12.4. The average Bonchev–Trinajstić information content (AvgIpc) is 2.87. The summed E-state index contributed by atoms with van der Waals surface area (Å²) in [6, 6.07) is 0. The molecular weight excluding hydrogens is 232 g/mol. The third-order valence-corrected chi connectivity index (χ3v) is 3.99. The Kier molecular flexibility index (Phi) is 3.72. The maximum atomic E-state index is 12.4. The molecule has 3 nitrogen and oxygen atoms in total. The molecule has 2 N–H and O–H groups in total. The lowest BCUT2D eigenvalue weighted by molar-refractivity contribution is 0.0793. The molecule has 94 valence electrons. The van der Waals surface area contributed by atoms with E-state index in [1.807, 2.05) is 10.3 Å². The first-order chi connectivity index (χ1) is 8.09. The lowest BCUT2D eigenvalue weighted by atomic mass is 10.0. The Morgan fingerprint density at radius 3 is 2.71 bits per heavy atom. The number of anilines is 1. The minimum atomic E-state index is 0.136. The number of nitrogens with zero attached hydrogens (tertiary/aromatic N) is 1. The van der Waals surface area contributed by atoms with Crippen LogP contribution in [0.2, 0.25) is 0 Å². The number of likely N-dealkylation sites (tertiary alicyclic amines) is 1. The Labute approximate surface area is 107 Å². The second-order valence-electron chi connectivity index (χ2n) is 5.10. The van der Waals surface area contributed by atoms with Gasteiger partial charge in [-0.05, 0) is 36.1 Å². The molecule has 1 aromatic heterocycles. The monoisotopic (exact) mass is 252 g/mol. The molecule has 1 aliphatic rings. The molecule has 0 saturated carbocycles. The number of amides is 1. The fourth-order valence-corrected chi connectivity index (χ4v) is 3.14. The molecule has 2 heterocycles. The van der Waals surface area contributed by atoms with Gasteiger partial charge >= 0.3 is 0 Å². The van der Waals surface area contributed by atoms with Crippen molar-refractivity contribution in [2.45, 2.75) is 33.1 Å². The first-order valence-electron chi connectivity index (χ1n) is 6.24. The fraction of sp³-hybridized carbons (Fsp3) is 0.615. The zero-order chi connectivity index (χ0) is 12.4. The van der Waals surface area contributed by atoms with Crippen LogP contribution in [0.4, 0.5) is 5.00 Å². The summed E-state index contributed by atoms with van der Waals surface area (Å²) < 4.78 is 0. The Hall–Kier alpha value is -1.03. The third kappa shape index (κ3) is 2.63. The molecule has 0 spiro atoms. The van der Waals surface area contributed by atoms with Crippen LogP contribution in [0.5, 0.6) is 0 Å². The van der Waals surface area contributed by atoms with Crippen molar-refractivity contribution in [2.24, 2.45) is 5.92 Å². The van der Waals surface area contributed by atoms with Crippen LogP contribution < -0.4 is 5.73 Å². The first-order valence-corrected chi connectivity index (χ1v) is 7.12. The van der Waals surface area contributed by atoms with E-state index in [0.29, 0.717) is 10.9 Å². The number of carbonyl (C=O) groups excluding carboxylic acids is 1. The van der Waals surface area contributed by atoms with Gasteiger partial charge in [0.2, 0.25) is 0 Å². The summed E-state index contributed by atoms with van der Waals surface area (Å²) in [6.45, 7) is 6.10. The highest BCUT2D eigenvalue weighted by atomic mass is 32.1. The lowest BCUT2D eigenvalue weighted by Gasteiger charge is -2.16. The molecule has 1 saturated heterocycles. The molecule has 0 aliphatic carbocycles. The summed E-state index contributed by atoms with van der Waals surface area (Å²) in [5, 5.41) is 2.72. The van der Waals surface area contributed by atoms with E-state index >= 15 is 0 Å². The lowest BCUT2D eigenvalue weighted by Crippen LogP contribution is -2.28. The Bertz CT molecular complexity index is 406. The molecule has 1 aromatic rings. The van der Waals surface area contributed by atoms with Crippen LogP contribution in [0.25, 0.3) is 0 Å². The highest BCUT2D eigenvalue weighted by Crippen LogP contribution is 2.29. The summed E-state index contributed by atoms with van der Waals surface area (Å²) in [5.41, 5.74) is 7.85. The molecule has 0 unspecified atom stereocenters. The molecule has 2 rings (SSSR count). The van der Waals surface area contributed by atoms with E-state index in [1.165, 1.54) is 11.3 Å². The highest BCUT2D eigenvalue weighted by Gasteiger charge is 2.25. The molecule has 17 heavy (non-hydrogen) atoms. The van der Waals surface area contributed by atoms with Crippen LogP contribution in [0, 0.1) is 5.92 Å². The molecule has 0 atom stereocenters. The number of nitrogens with two attached hydrogens (primary N) is 1. The van der Waals surface area contributed by atoms with Gasteiger partial charge in [-0.1, -0.05) is 13.8 Å². The minimum Gasteiger partial charge on any atom is -0.390 e. The highest BCUT2D eigenvalue weighted by molar-refractivity contribution is 7.14. The molecular formula is C13H20N2OS. The number of rotatable bonds is 3. The van der Waals surface area contributed by atoms with E-state index in [0.717, 1.165) is 43.5 Å². The van der Waals surface area contributed by atoms with E-state index in [9.17, 15) is 4.79 Å². The van der Waals surface area contributed by atoms with Crippen molar-refractivity contribution in [1.82, 2.24) is 4.90 Å². The smallest absolute Gasteiger partial charge is 0.257 e. The van der Waals surface area contributed by atoms with Gasteiger partial charge in [0.25, 0.3) is 5.91 Å². The quantitative estimate of drug-likeness (QED) is 0.899. The van der Waals surface area contributed by atoms with Gasteiger partial charge in [0, 0.05) is 13.1 Å². The first kappa shape index (κ1) is 12.4. The van der Waals surface area contributed by atoms with Crippen LogP contribution in [0.1, 0.15) is 42.6 Å². The number of nitrogen functional groups attached to an aromatic ring is 1. The predicted molar refractivity (Wildman–Crippen MR) is 72.4 cm³/mol. The average molecular weight is 252 g/mol. The Morgan fingerprint density at radius 2 is 2.12 bits per heavy atom. The van der Waals surface area contributed by atoms with Crippen LogP contribution in [0.15, 0.2) is 5.38 Å². The third-order valence-electron chi connectivity index (χ3n) is 3.13. The van der Waals surface area contributed by atoms with Gasteiger partial charge in [-0.2, -0.15) is 0 Å². The van der Waals surface area contributed by atoms with Crippen LogP contribution in [-0.4, -0.2) is 23.9 Å². The van der Waals surface area contributed by atoms with Crippen LogP contribution in [-0.2, 0) is 6.42 Å². The molecule has 1 fully saturated rings. The van der Waals surface area contributed by atoms with Crippen molar-refractivity contribution in [3.8, 4) is 0 Å². The summed E-state index contributed by atoms with van der Waals surface area (Å²) in [4.78, 5) is 14.3. The van der Waals surface area contributed by atoms with Crippen LogP contribution in [0.3, 0.4) is 0 Å². The largest absolute Gasteiger partial charge is 0.390 e. The topological polar surface area (TPSA) is 46.3 Å². The van der Waals surface area contributed by atoms with Crippen molar-refractivity contribution < 1.29 is 4.79 Å². The second kappa shape index (κ2) is 5.08. The van der Waals surface area contributed by atoms with Gasteiger partial charge in [0.1, 0.15) is 0 Å². The van der Waals surface area contributed by atoms with Crippen molar-refractivity contribution in [3.63, 3.8) is 0 Å². The molecule has 1 amide bonds. The SMILES string of the molecule is CC(C)Cc1csc(N)c1C(=O)N1CCCC1. The molecule has 1 aliphatic heterocycles. The van der Waals surface area contributed by atoms with Gasteiger partial charge in [-0.15, -0.1) is 11.3 Å². The van der Waals surface area contributed by atoms with Crippen molar-refractivity contribution in [3.05, 3.63) is 16.5 Å². The molecule has 0 aromatic carbocycles. The summed E-state index contributed by atoms with van der Waals surface area (Å²) in [6.07, 6.45) is 3.17. The fourth-order valence-electron chi connectivity index (χ4n) is 2.32. The van der Waals surface area contributed by atoms with E-state index in [-0.39, 0.29) is 5.91 Å². The van der Waals surface area contributed by atoms with Crippen LogP contribution >= 0.6 is 11.3 Å². The van der Waals surface area contributed by atoms with Gasteiger partial charge in [-0.3, -0.25) is 4.79 Å². The van der Waals surface area contributed by atoms with Gasteiger partial charge < -0.3 is 10.6 Å². The Morgan fingerprint density at radius 1 is 1.47 bits per heavy atom. The van der Waals surface area contributed by atoms with E-state index in [4.69, 9.17) is 5.73 Å². The Balaban J connectivity index is 2.23. The summed E-state index contributed by atoms with van der Waals surface area (Å²) in [5.74, 6) is 0.686. The number of thiophene rings is 1. The summed E-state index contributed by atoms with van der Waals surface area (Å²) >= 11 is 1.49. The number of hydrogen-bond donors (Lipinski definition) is 1. The summed E-state index contributed by atoms with van der Waals surface area (Å²) in [7, 11) is 0. The molecule has 0 radical (unpaired) electrons. The van der Waals surface area contributed by atoms with Gasteiger partial charge in [0.15, 0.2) is 0 Å². The standard InChI is InChI=1S/C13H20N2OS/c1-9(2)7-10-8-17-12(14)11(10)13(16)15-5-3-4-6-15/h8-9H,3-7,14H2,1-2H3. The van der Waals surface area contributed by atoms with E-state index in [1.54, 1.807) is 0 Å². The molecule has 4 heteroatoms. The van der Waals surface area contributed by atoms with E-state index in [2.05, 4.69) is 13.8 Å². The van der Waals surface area contributed by atoms with E-state index < -0.39 is 0 Å². The normalized spacial score (nSPS) is 15.8. The molecule has 0 bridgehead atoms. The van der Waals surface area contributed by atoms with Crippen molar-refractivity contribution >= 4 is 22.2 Å². The van der Waals surface area contributed by atoms with Gasteiger partial charge in [0.05, 0.1) is 10.6 Å². The number of carbonyl (C=O) groups is 1. The maximum Gasteiger partial charge on any atom is 0.257 e. The zero-order valence-corrected chi connectivity index (χ0v) is 11.3. The number of hydrogen-bond acceptors (Lipinski definition) is 3. The predicted octanol–water partition coefficient (Wildman–Crippen LogP) is 2.76.